The molecule has 4 heteroatoms. The summed E-state index contributed by atoms with van der Waals surface area (Å²) in [6.07, 6.45) is 0. The van der Waals surface area contributed by atoms with Gasteiger partial charge in [-0.1, -0.05) is 231 Å². The number of benzene rings is 10. The molecule has 0 saturated heterocycles. The van der Waals surface area contributed by atoms with E-state index in [-0.39, 0.29) is 0 Å². The van der Waals surface area contributed by atoms with E-state index < -0.39 is 5.41 Å². The molecule has 3 nitrogen and oxygen atoms in total. The Bertz CT molecular complexity index is 3680. The second kappa shape index (κ2) is 16.4. The largest absolute Gasteiger partial charge is 0.208 e. The second-order valence-corrected chi connectivity index (χ2v) is 18.5. The number of hydrogen-bond acceptors (Lipinski definition) is 4. The van der Waals surface area contributed by atoms with Crippen molar-refractivity contribution in [2.45, 2.75) is 5.41 Å². The van der Waals surface area contributed by atoms with Gasteiger partial charge in [0.05, 0.1) is 5.41 Å². The Kier molecular flexibility index (Phi) is 9.59. The molecule has 0 unspecified atom stereocenters. The summed E-state index contributed by atoms with van der Waals surface area (Å²) in [7, 11) is 0. The fraction of sp³-hybridized carbons (Fsp3) is 0.0156. The Labute approximate surface area is 399 Å². The molecule has 0 amide bonds. The third kappa shape index (κ3) is 6.52. The van der Waals surface area contributed by atoms with Crippen LogP contribution in [0.2, 0.25) is 0 Å². The van der Waals surface area contributed by atoms with E-state index in [1.54, 1.807) is 0 Å². The van der Waals surface area contributed by atoms with Crippen molar-refractivity contribution in [1.29, 1.82) is 0 Å². The summed E-state index contributed by atoms with van der Waals surface area (Å²) in [5.41, 5.74) is 16.8. The van der Waals surface area contributed by atoms with Crippen molar-refractivity contribution in [2.24, 2.45) is 0 Å². The van der Waals surface area contributed by atoms with E-state index in [1.165, 1.54) is 64.7 Å². The average Bonchev–Trinajstić information content (AvgIpc) is 3.95. The molecule has 68 heavy (non-hydrogen) atoms. The molecule has 0 atom stereocenters. The quantitative estimate of drug-likeness (QED) is 0.153. The van der Waals surface area contributed by atoms with Crippen molar-refractivity contribution >= 4 is 31.5 Å². The number of fused-ring (bicyclic) bond motifs is 6. The lowest BCUT2D eigenvalue weighted by Crippen LogP contribution is -2.28. The maximum atomic E-state index is 5.32. The van der Waals surface area contributed by atoms with Gasteiger partial charge in [0.15, 0.2) is 17.5 Å². The number of nitrogens with zero attached hydrogens (tertiary/aromatic N) is 3. The molecule has 1 aliphatic carbocycles. The molecule has 0 spiro atoms. The van der Waals surface area contributed by atoms with Gasteiger partial charge in [0.25, 0.3) is 0 Å². The smallest absolute Gasteiger partial charge is 0.164 e. The minimum atomic E-state index is -0.500. The molecule has 0 bridgehead atoms. The van der Waals surface area contributed by atoms with E-state index in [0.717, 1.165) is 38.9 Å². The van der Waals surface area contributed by atoms with Gasteiger partial charge < -0.3 is 0 Å². The van der Waals surface area contributed by atoms with Crippen LogP contribution in [-0.4, -0.2) is 15.0 Å². The van der Waals surface area contributed by atoms with Crippen LogP contribution >= 0.6 is 11.3 Å². The highest BCUT2D eigenvalue weighted by molar-refractivity contribution is 7.26. The highest BCUT2D eigenvalue weighted by atomic mass is 32.1. The van der Waals surface area contributed by atoms with E-state index in [2.05, 4.69) is 237 Å². The van der Waals surface area contributed by atoms with Gasteiger partial charge in [-0.05, 0) is 85.0 Å². The first-order chi connectivity index (χ1) is 33.7. The molecule has 318 valence electrons. The number of rotatable bonds is 8. The predicted octanol–water partition coefficient (Wildman–Crippen LogP) is 16.6. The van der Waals surface area contributed by atoms with Crippen LogP contribution in [-0.2, 0) is 5.41 Å². The Morgan fingerprint density at radius 1 is 0.279 bits per heavy atom. The minimum Gasteiger partial charge on any atom is -0.208 e. The third-order valence-electron chi connectivity index (χ3n) is 13.7. The lowest BCUT2D eigenvalue weighted by Gasteiger charge is -2.34. The minimum absolute atomic E-state index is 0.500. The predicted molar refractivity (Wildman–Crippen MR) is 283 cm³/mol. The third-order valence-corrected chi connectivity index (χ3v) is 14.8. The number of hydrogen-bond donors (Lipinski definition) is 0. The van der Waals surface area contributed by atoms with Crippen LogP contribution < -0.4 is 0 Å². The maximum absolute atomic E-state index is 5.32. The van der Waals surface area contributed by atoms with Crippen molar-refractivity contribution in [3.63, 3.8) is 0 Å². The first kappa shape index (κ1) is 39.8. The standard InChI is InChI=1S/C64H41N3S/c1-4-17-42(18-5-1)44-31-35-46(36-32-44)61-65-62(47-37-33-45(34-38-47)43-19-6-2-7-20-43)67-63(66-61)54-26-11-10-23-50(54)53-27-16-30-59-60(53)55-41-49(39-40-58(55)68-59)64(48-21-8-3-9-22-48)56-28-14-12-24-51(56)52-25-13-15-29-57(52)64/h1-41H. The van der Waals surface area contributed by atoms with Gasteiger partial charge in [-0.2, -0.15) is 0 Å². The Morgan fingerprint density at radius 3 is 1.29 bits per heavy atom. The van der Waals surface area contributed by atoms with Crippen molar-refractivity contribution < 1.29 is 0 Å². The number of aromatic nitrogens is 3. The molecule has 10 aromatic carbocycles. The van der Waals surface area contributed by atoms with Gasteiger partial charge in [0.2, 0.25) is 0 Å². The Morgan fingerprint density at radius 2 is 0.721 bits per heavy atom. The molecule has 2 heterocycles. The molecule has 0 N–H and O–H groups in total. The van der Waals surface area contributed by atoms with E-state index in [4.69, 9.17) is 15.0 Å². The van der Waals surface area contributed by atoms with Gasteiger partial charge in [-0.15, -0.1) is 11.3 Å². The first-order valence-electron chi connectivity index (χ1n) is 23.1. The summed E-state index contributed by atoms with van der Waals surface area (Å²) in [5.74, 6) is 1.87. The van der Waals surface area contributed by atoms with Crippen molar-refractivity contribution in [3.8, 4) is 78.7 Å². The van der Waals surface area contributed by atoms with Crippen LogP contribution in [0.1, 0.15) is 22.3 Å². The van der Waals surface area contributed by atoms with E-state index in [0.29, 0.717) is 17.5 Å². The first-order valence-corrected chi connectivity index (χ1v) is 23.9. The maximum Gasteiger partial charge on any atom is 0.164 e. The van der Waals surface area contributed by atoms with Gasteiger partial charge in [-0.3, -0.25) is 0 Å². The van der Waals surface area contributed by atoms with Crippen molar-refractivity contribution in [1.82, 2.24) is 15.0 Å². The van der Waals surface area contributed by atoms with Crippen LogP contribution in [0.25, 0.3) is 98.8 Å². The van der Waals surface area contributed by atoms with Crippen LogP contribution in [0.4, 0.5) is 0 Å². The van der Waals surface area contributed by atoms with Crippen molar-refractivity contribution in [3.05, 3.63) is 271 Å². The summed E-state index contributed by atoms with van der Waals surface area (Å²) in [6, 6.07) is 89.5. The van der Waals surface area contributed by atoms with Crippen LogP contribution in [0.5, 0.6) is 0 Å². The molecule has 0 fully saturated rings. The van der Waals surface area contributed by atoms with Crippen LogP contribution in [0, 0.1) is 0 Å². The number of thiophene rings is 1. The van der Waals surface area contributed by atoms with Crippen LogP contribution in [0.15, 0.2) is 249 Å². The molecule has 1 aliphatic rings. The summed E-state index contributed by atoms with van der Waals surface area (Å²) in [6.45, 7) is 0. The average molecular weight is 884 g/mol. The Hall–Kier alpha value is -8.57. The summed E-state index contributed by atoms with van der Waals surface area (Å²) < 4.78 is 2.48. The zero-order valence-electron chi connectivity index (χ0n) is 36.9. The summed E-state index contributed by atoms with van der Waals surface area (Å²) >= 11 is 1.85. The molecule has 13 rings (SSSR count). The molecular weight excluding hydrogens is 843 g/mol. The molecule has 0 saturated carbocycles. The lowest BCUT2D eigenvalue weighted by molar-refractivity contribution is 0.770. The van der Waals surface area contributed by atoms with E-state index >= 15 is 0 Å². The molecular formula is C64H41N3S. The van der Waals surface area contributed by atoms with E-state index in [9.17, 15) is 0 Å². The molecule has 0 radical (unpaired) electrons. The summed E-state index contributed by atoms with van der Waals surface area (Å²) in [4.78, 5) is 15.8. The fourth-order valence-corrected chi connectivity index (χ4v) is 11.7. The van der Waals surface area contributed by atoms with Gasteiger partial charge in [0, 0.05) is 36.9 Å². The van der Waals surface area contributed by atoms with Gasteiger partial charge >= 0.3 is 0 Å². The highest BCUT2D eigenvalue weighted by Crippen LogP contribution is 2.57. The summed E-state index contributed by atoms with van der Waals surface area (Å²) in [5, 5.41) is 2.46. The Balaban J connectivity index is 0.994. The SMILES string of the molecule is c1ccc(-c2ccc(-c3nc(-c4ccc(-c5ccccc5)cc4)nc(-c4ccccc4-c4cccc5sc6ccc(C7(c8ccccc8)c8ccccc8-c8ccccc87)cc6c45)n3)cc2)cc1. The van der Waals surface area contributed by atoms with E-state index in [1.807, 2.05) is 23.5 Å². The second-order valence-electron chi connectivity index (χ2n) is 17.4. The molecule has 2 aromatic heterocycles. The van der Waals surface area contributed by atoms with Gasteiger partial charge in [0.1, 0.15) is 0 Å². The van der Waals surface area contributed by atoms with Gasteiger partial charge in [-0.25, -0.2) is 15.0 Å². The van der Waals surface area contributed by atoms with Crippen molar-refractivity contribution in [2.75, 3.05) is 0 Å². The fourth-order valence-electron chi connectivity index (χ4n) is 10.5. The molecule has 0 aliphatic heterocycles. The zero-order valence-corrected chi connectivity index (χ0v) is 37.7. The highest BCUT2D eigenvalue weighted by Gasteiger charge is 2.46. The monoisotopic (exact) mass is 883 g/mol. The topological polar surface area (TPSA) is 38.7 Å². The van der Waals surface area contributed by atoms with Crippen LogP contribution in [0.3, 0.4) is 0 Å². The molecule has 12 aromatic rings. The lowest BCUT2D eigenvalue weighted by atomic mass is 9.67. The zero-order chi connectivity index (χ0) is 45.0. The normalized spacial score (nSPS) is 12.5.